The van der Waals surface area contributed by atoms with E-state index >= 15 is 0 Å². The van der Waals surface area contributed by atoms with Crippen LogP contribution in [0.15, 0.2) is 54.6 Å². The molecular formula is C24H36N4O5S. The summed E-state index contributed by atoms with van der Waals surface area (Å²) in [4.78, 5) is 11.0. The number of fused-ring (bicyclic) bond motifs is 1. The molecule has 0 aromatic heterocycles. The van der Waals surface area contributed by atoms with Gasteiger partial charge in [0.25, 0.3) is 0 Å². The highest BCUT2D eigenvalue weighted by Gasteiger charge is 2.41. The maximum atomic E-state index is 11.3. The third-order valence-corrected chi connectivity index (χ3v) is 8.19. The Labute approximate surface area is 203 Å². The lowest BCUT2D eigenvalue weighted by atomic mass is 9.95. The average molecular weight is 493 g/mol. The third kappa shape index (κ3) is 6.13. The molecule has 1 saturated heterocycles. The molecule has 0 bridgehead atoms. The van der Waals surface area contributed by atoms with Gasteiger partial charge in [0, 0.05) is 19.1 Å². The molecule has 0 spiro atoms. The van der Waals surface area contributed by atoms with Gasteiger partial charge in [-0.3, -0.25) is 13.4 Å². The molecule has 2 heterocycles. The van der Waals surface area contributed by atoms with Crippen molar-refractivity contribution in [2.75, 3.05) is 34.8 Å². The predicted molar refractivity (Wildman–Crippen MR) is 138 cm³/mol. The number of anilines is 3. The number of likely N-dealkylation sites (tertiary alicyclic amines) is 1. The van der Waals surface area contributed by atoms with Gasteiger partial charge in [0.1, 0.15) is 0 Å². The van der Waals surface area contributed by atoms with E-state index in [4.69, 9.17) is 20.7 Å². The van der Waals surface area contributed by atoms with Crippen molar-refractivity contribution in [2.24, 2.45) is 11.7 Å². The minimum Gasteiger partial charge on any atom is -0.450 e. The molecule has 10 heteroatoms. The summed E-state index contributed by atoms with van der Waals surface area (Å²) in [6, 6.07) is 17.7. The summed E-state index contributed by atoms with van der Waals surface area (Å²) in [6.07, 6.45) is 2.78. The van der Waals surface area contributed by atoms with Crippen molar-refractivity contribution in [1.82, 2.24) is 4.90 Å². The normalized spacial score (nSPS) is 20.9. The molecule has 0 aliphatic carbocycles. The summed E-state index contributed by atoms with van der Waals surface area (Å²) < 4.78 is 26.0. The second-order valence-electron chi connectivity index (χ2n) is 8.65. The average Bonchev–Trinajstić information content (AvgIpc) is 3.36. The van der Waals surface area contributed by atoms with Crippen LogP contribution in [-0.2, 0) is 0 Å². The van der Waals surface area contributed by atoms with Crippen LogP contribution >= 0.6 is 11.0 Å². The van der Waals surface area contributed by atoms with Crippen LogP contribution in [0.2, 0.25) is 0 Å². The number of rotatable bonds is 8. The van der Waals surface area contributed by atoms with E-state index in [0.717, 1.165) is 49.5 Å². The molecule has 6 N–H and O–H groups in total. The van der Waals surface area contributed by atoms with Crippen LogP contribution in [0.5, 0.6) is 0 Å². The largest absolute Gasteiger partial charge is 0.503 e. The standard InChI is InChI=1S/C23H34N4O2S.CH2O3/c1-2-3-11-21(24)19-14-15-25(18-19)16-17-26-22-12-7-8-13-23(22)27(30(26,28)29)20-9-5-4-6-10-20;2-1(3)4/h4-10,12-13,19,21,28-29H,2-3,11,14-18,24H2,1H3;(H2,2,3,4). The lowest BCUT2D eigenvalue weighted by Gasteiger charge is -2.44. The quantitative estimate of drug-likeness (QED) is 0.333. The topological polar surface area (TPSA) is 134 Å². The summed E-state index contributed by atoms with van der Waals surface area (Å²) >= 11 is 0. The van der Waals surface area contributed by atoms with Gasteiger partial charge < -0.3 is 20.8 Å². The molecule has 4 rings (SSSR count). The number of unbranched alkanes of at least 4 members (excludes halogenated alkanes) is 1. The Morgan fingerprint density at radius 2 is 1.68 bits per heavy atom. The molecule has 1 fully saturated rings. The van der Waals surface area contributed by atoms with Crippen LogP contribution in [0.25, 0.3) is 0 Å². The van der Waals surface area contributed by atoms with Crippen LogP contribution in [0.3, 0.4) is 0 Å². The number of para-hydroxylation sites is 3. The Balaban J connectivity index is 0.000000751. The summed E-state index contributed by atoms with van der Waals surface area (Å²) in [6.45, 7) is 5.60. The van der Waals surface area contributed by atoms with Crippen LogP contribution in [-0.4, -0.2) is 62.6 Å². The fourth-order valence-corrected chi connectivity index (χ4v) is 6.38. The highest BCUT2D eigenvalue weighted by atomic mass is 32.3. The van der Waals surface area contributed by atoms with Crippen molar-refractivity contribution >= 4 is 34.2 Å². The number of benzene rings is 2. The van der Waals surface area contributed by atoms with Crippen molar-refractivity contribution in [2.45, 2.75) is 38.6 Å². The number of hydrogen-bond acceptors (Lipinski definition) is 7. The van der Waals surface area contributed by atoms with Gasteiger partial charge in [-0.25, -0.2) is 9.10 Å². The van der Waals surface area contributed by atoms with Gasteiger partial charge in [-0.1, -0.05) is 50.1 Å². The lowest BCUT2D eigenvalue weighted by Crippen LogP contribution is -2.38. The van der Waals surface area contributed by atoms with Gasteiger partial charge in [0.2, 0.25) is 0 Å². The molecular weight excluding hydrogens is 456 g/mol. The van der Waals surface area contributed by atoms with E-state index < -0.39 is 17.1 Å². The zero-order valence-corrected chi connectivity index (χ0v) is 20.3. The van der Waals surface area contributed by atoms with Crippen LogP contribution in [0.1, 0.15) is 32.6 Å². The Morgan fingerprint density at radius 1 is 1.06 bits per heavy atom. The van der Waals surface area contributed by atoms with Gasteiger partial charge in [0.15, 0.2) is 0 Å². The Kier molecular flexibility index (Phi) is 9.03. The van der Waals surface area contributed by atoms with Crippen LogP contribution in [0, 0.1) is 5.92 Å². The molecule has 2 atom stereocenters. The maximum Gasteiger partial charge on any atom is 0.503 e. The first kappa shape index (κ1) is 26.1. The van der Waals surface area contributed by atoms with Gasteiger partial charge >= 0.3 is 6.16 Å². The van der Waals surface area contributed by atoms with E-state index in [9.17, 15) is 9.11 Å². The number of nitrogens with two attached hydrogens (primary N) is 1. The molecule has 0 radical (unpaired) electrons. The summed E-state index contributed by atoms with van der Waals surface area (Å²) in [5.74, 6) is 0.545. The number of hydrogen-bond donors (Lipinski definition) is 5. The van der Waals surface area contributed by atoms with Gasteiger partial charge in [-0.2, -0.15) is 0 Å². The zero-order valence-electron chi connectivity index (χ0n) is 19.5. The fourth-order valence-electron chi connectivity index (χ4n) is 4.62. The monoisotopic (exact) mass is 492 g/mol. The second kappa shape index (κ2) is 11.8. The molecule has 2 aromatic carbocycles. The Morgan fingerprint density at radius 3 is 2.32 bits per heavy atom. The van der Waals surface area contributed by atoms with Crippen molar-refractivity contribution < 1.29 is 24.1 Å². The molecule has 0 saturated carbocycles. The molecule has 0 amide bonds. The minimum atomic E-state index is -3.16. The minimum absolute atomic E-state index is 0.274. The first-order chi connectivity index (χ1) is 16.3. The molecule has 188 valence electrons. The van der Waals surface area contributed by atoms with E-state index in [2.05, 4.69) is 11.8 Å². The molecule has 2 aromatic rings. The van der Waals surface area contributed by atoms with Gasteiger partial charge in [0.05, 0.1) is 23.6 Å². The Bertz CT molecular complexity index is 929. The number of carbonyl (C=O) groups is 1. The van der Waals surface area contributed by atoms with E-state index in [0.29, 0.717) is 12.5 Å². The zero-order chi connectivity index (χ0) is 24.7. The molecule has 34 heavy (non-hydrogen) atoms. The summed E-state index contributed by atoms with van der Waals surface area (Å²) in [7, 11) is -3.16. The SMILES string of the molecule is CCCCC(N)C1CCN(CCN2c3ccccc3N(c3ccccc3)S2(O)O)C1.O=C(O)O. The van der Waals surface area contributed by atoms with E-state index in [1.54, 1.807) is 8.61 Å². The first-order valence-corrected chi connectivity index (χ1v) is 13.1. The first-order valence-electron chi connectivity index (χ1n) is 11.7. The molecule has 2 aliphatic rings. The third-order valence-electron chi connectivity index (χ3n) is 6.33. The highest BCUT2D eigenvalue weighted by molar-refractivity contribution is 8.27. The fraction of sp³-hybridized carbons (Fsp3) is 0.458. The number of carboxylic acid groups (broad SMARTS) is 2. The molecule has 2 unspecified atom stereocenters. The summed E-state index contributed by atoms with van der Waals surface area (Å²) in [5.41, 5.74) is 8.91. The van der Waals surface area contributed by atoms with Crippen molar-refractivity contribution in [1.29, 1.82) is 0 Å². The van der Waals surface area contributed by atoms with Crippen molar-refractivity contribution in [3.63, 3.8) is 0 Å². The Hall–Kier alpha value is -2.50. The van der Waals surface area contributed by atoms with Crippen LogP contribution in [0.4, 0.5) is 21.9 Å². The molecule has 2 aliphatic heterocycles. The second-order valence-corrected chi connectivity index (χ2v) is 10.4. The van der Waals surface area contributed by atoms with E-state index in [1.807, 2.05) is 54.6 Å². The van der Waals surface area contributed by atoms with E-state index in [1.165, 1.54) is 12.8 Å². The predicted octanol–water partition coefficient (Wildman–Crippen LogP) is 5.29. The van der Waals surface area contributed by atoms with Crippen LogP contribution < -0.4 is 14.3 Å². The maximum absolute atomic E-state index is 11.3. The van der Waals surface area contributed by atoms with Gasteiger partial charge in [-0.05, 0) is 60.5 Å². The van der Waals surface area contributed by atoms with E-state index in [-0.39, 0.29) is 6.04 Å². The van der Waals surface area contributed by atoms with Crippen molar-refractivity contribution in [3.05, 3.63) is 54.6 Å². The molecule has 9 nitrogen and oxygen atoms in total. The highest BCUT2D eigenvalue weighted by Crippen LogP contribution is 2.63. The van der Waals surface area contributed by atoms with Crippen molar-refractivity contribution in [3.8, 4) is 0 Å². The van der Waals surface area contributed by atoms with Gasteiger partial charge in [-0.15, -0.1) is 0 Å². The smallest absolute Gasteiger partial charge is 0.450 e. The summed E-state index contributed by atoms with van der Waals surface area (Å²) in [5, 5.41) is 13.9. The lowest BCUT2D eigenvalue weighted by molar-refractivity contribution is 0.137. The number of nitrogens with zero attached hydrogens (tertiary/aromatic N) is 3.